The van der Waals surface area contributed by atoms with Crippen molar-refractivity contribution in [2.24, 2.45) is 7.05 Å². The molecule has 0 saturated carbocycles. The van der Waals surface area contributed by atoms with E-state index in [-0.39, 0.29) is 5.91 Å². The van der Waals surface area contributed by atoms with E-state index in [0.717, 1.165) is 23.6 Å². The standard InChI is InChI=1S/C20H29N3O2/c1-14(2)17-6-8-18(9-7-17)25-13-12-21-20(24)11-10-19-15(3)22-23(5)16(19)4/h6-9,14H,10-13H2,1-5H3,(H,21,24). The summed E-state index contributed by atoms with van der Waals surface area (Å²) in [7, 11) is 1.93. The SMILES string of the molecule is Cc1nn(C)c(C)c1CCC(=O)NCCOc1ccc(C(C)C)cc1. The molecule has 0 unspecified atom stereocenters. The summed E-state index contributed by atoms with van der Waals surface area (Å²) in [4.78, 5) is 12.0. The van der Waals surface area contributed by atoms with Gasteiger partial charge in [-0.1, -0.05) is 26.0 Å². The van der Waals surface area contributed by atoms with Crippen LogP contribution in [0.25, 0.3) is 0 Å². The van der Waals surface area contributed by atoms with Gasteiger partial charge >= 0.3 is 0 Å². The fraction of sp³-hybridized carbons (Fsp3) is 0.500. The van der Waals surface area contributed by atoms with Gasteiger partial charge in [-0.2, -0.15) is 5.10 Å². The third-order valence-corrected chi connectivity index (χ3v) is 4.50. The highest BCUT2D eigenvalue weighted by molar-refractivity contribution is 5.76. The minimum absolute atomic E-state index is 0.0430. The molecule has 0 radical (unpaired) electrons. The number of carbonyl (C=O) groups is 1. The van der Waals surface area contributed by atoms with Crippen molar-refractivity contribution in [3.05, 3.63) is 46.8 Å². The van der Waals surface area contributed by atoms with Crippen molar-refractivity contribution in [2.75, 3.05) is 13.2 Å². The molecule has 0 aliphatic heterocycles. The number of carbonyl (C=O) groups excluding carboxylic acids is 1. The monoisotopic (exact) mass is 343 g/mol. The van der Waals surface area contributed by atoms with Crippen LogP contribution in [0.3, 0.4) is 0 Å². The highest BCUT2D eigenvalue weighted by atomic mass is 16.5. The van der Waals surface area contributed by atoms with E-state index in [1.807, 2.05) is 37.7 Å². The first kappa shape index (κ1) is 19.0. The fourth-order valence-electron chi connectivity index (χ4n) is 2.81. The molecule has 0 fully saturated rings. The number of nitrogens with one attached hydrogen (secondary N) is 1. The molecule has 136 valence electrons. The third-order valence-electron chi connectivity index (χ3n) is 4.50. The molecule has 0 spiro atoms. The van der Waals surface area contributed by atoms with Crippen LogP contribution >= 0.6 is 0 Å². The van der Waals surface area contributed by atoms with Gasteiger partial charge in [-0.15, -0.1) is 0 Å². The highest BCUT2D eigenvalue weighted by Gasteiger charge is 2.11. The van der Waals surface area contributed by atoms with Crippen molar-refractivity contribution in [3.63, 3.8) is 0 Å². The Morgan fingerprint density at radius 1 is 1.24 bits per heavy atom. The molecule has 5 heteroatoms. The van der Waals surface area contributed by atoms with E-state index in [1.54, 1.807) is 0 Å². The first-order valence-electron chi connectivity index (χ1n) is 8.87. The van der Waals surface area contributed by atoms with Crippen LogP contribution in [0.1, 0.15) is 48.7 Å². The summed E-state index contributed by atoms with van der Waals surface area (Å²) in [5.41, 5.74) is 4.58. The summed E-state index contributed by atoms with van der Waals surface area (Å²) < 4.78 is 7.53. The first-order chi connectivity index (χ1) is 11.9. The minimum atomic E-state index is 0.0430. The minimum Gasteiger partial charge on any atom is -0.492 e. The molecule has 0 atom stereocenters. The number of nitrogens with zero attached hydrogens (tertiary/aromatic N) is 2. The summed E-state index contributed by atoms with van der Waals surface area (Å²) in [5.74, 6) is 1.39. The predicted molar refractivity (Wildman–Crippen MR) is 100 cm³/mol. The van der Waals surface area contributed by atoms with Gasteiger partial charge in [0.05, 0.1) is 12.2 Å². The largest absolute Gasteiger partial charge is 0.492 e. The number of hydrogen-bond acceptors (Lipinski definition) is 3. The van der Waals surface area contributed by atoms with Crippen LogP contribution < -0.4 is 10.1 Å². The lowest BCUT2D eigenvalue weighted by atomic mass is 10.0. The Balaban J connectivity index is 1.68. The third kappa shape index (κ3) is 5.34. The number of aryl methyl sites for hydroxylation is 2. The van der Waals surface area contributed by atoms with Crippen LogP contribution in [0.5, 0.6) is 5.75 Å². The van der Waals surface area contributed by atoms with Crippen molar-refractivity contribution >= 4 is 5.91 Å². The van der Waals surface area contributed by atoms with Crippen molar-refractivity contribution in [1.82, 2.24) is 15.1 Å². The van der Waals surface area contributed by atoms with E-state index in [1.165, 1.54) is 11.1 Å². The quantitative estimate of drug-likeness (QED) is 0.748. The van der Waals surface area contributed by atoms with Crippen molar-refractivity contribution in [3.8, 4) is 5.75 Å². The average molecular weight is 343 g/mol. The summed E-state index contributed by atoms with van der Waals surface area (Å²) in [5, 5.41) is 7.29. The number of amides is 1. The maximum Gasteiger partial charge on any atom is 0.220 e. The van der Waals surface area contributed by atoms with Crippen LogP contribution in [0.4, 0.5) is 0 Å². The summed E-state index contributed by atoms with van der Waals surface area (Å²) in [6, 6.07) is 8.12. The molecule has 0 saturated heterocycles. The normalized spacial score (nSPS) is 11.0. The van der Waals surface area contributed by atoms with E-state index in [0.29, 0.717) is 25.5 Å². The number of rotatable bonds is 8. The maximum atomic E-state index is 12.0. The number of benzene rings is 1. The average Bonchev–Trinajstić information content (AvgIpc) is 2.82. The smallest absolute Gasteiger partial charge is 0.220 e. The van der Waals surface area contributed by atoms with Crippen LogP contribution in [0, 0.1) is 13.8 Å². The molecule has 2 rings (SSSR count). The zero-order valence-electron chi connectivity index (χ0n) is 15.9. The molecule has 1 N–H and O–H groups in total. The Bertz CT molecular complexity index is 702. The zero-order chi connectivity index (χ0) is 18.4. The van der Waals surface area contributed by atoms with E-state index < -0.39 is 0 Å². The fourth-order valence-corrected chi connectivity index (χ4v) is 2.81. The second-order valence-electron chi connectivity index (χ2n) is 6.70. The zero-order valence-corrected chi connectivity index (χ0v) is 15.9. The second-order valence-corrected chi connectivity index (χ2v) is 6.70. The van der Waals surface area contributed by atoms with Crippen LogP contribution in [-0.4, -0.2) is 28.8 Å². The molecule has 0 bridgehead atoms. The number of ether oxygens (including phenoxy) is 1. The number of aromatic nitrogens is 2. The maximum absolute atomic E-state index is 12.0. The van der Waals surface area contributed by atoms with Gasteiger partial charge in [-0.25, -0.2) is 0 Å². The molecule has 1 aromatic carbocycles. The summed E-state index contributed by atoms with van der Waals surface area (Å²) in [6.45, 7) is 9.33. The topological polar surface area (TPSA) is 56.2 Å². The van der Waals surface area contributed by atoms with Crippen LogP contribution in [-0.2, 0) is 18.3 Å². The van der Waals surface area contributed by atoms with Gasteiger partial charge in [0.15, 0.2) is 0 Å². The molecule has 0 aliphatic rings. The van der Waals surface area contributed by atoms with Crippen molar-refractivity contribution < 1.29 is 9.53 Å². The number of hydrogen-bond donors (Lipinski definition) is 1. The molecule has 1 aromatic heterocycles. The summed E-state index contributed by atoms with van der Waals surface area (Å²) >= 11 is 0. The molecule has 1 heterocycles. The van der Waals surface area contributed by atoms with E-state index >= 15 is 0 Å². The van der Waals surface area contributed by atoms with E-state index in [2.05, 4.69) is 36.4 Å². The molecule has 5 nitrogen and oxygen atoms in total. The molecular formula is C20H29N3O2. The lowest BCUT2D eigenvalue weighted by Crippen LogP contribution is -2.28. The Morgan fingerprint density at radius 3 is 2.48 bits per heavy atom. The van der Waals surface area contributed by atoms with Gasteiger partial charge in [0.2, 0.25) is 5.91 Å². The van der Waals surface area contributed by atoms with E-state index in [4.69, 9.17) is 4.74 Å². The van der Waals surface area contributed by atoms with Gasteiger partial charge in [0.25, 0.3) is 0 Å². The Hall–Kier alpha value is -2.30. The van der Waals surface area contributed by atoms with E-state index in [9.17, 15) is 4.79 Å². The van der Waals surface area contributed by atoms with Gasteiger partial charge < -0.3 is 10.1 Å². The van der Waals surface area contributed by atoms with Gasteiger partial charge in [0.1, 0.15) is 12.4 Å². The molecule has 0 aliphatic carbocycles. The van der Waals surface area contributed by atoms with Crippen molar-refractivity contribution in [2.45, 2.75) is 46.5 Å². The molecule has 1 amide bonds. The first-order valence-corrected chi connectivity index (χ1v) is 8.87. The van der Waals surface area contributed by atoms with Gasteiger partial charge in [-0.3, -0.25) is 9.48 Å². The van der Waals surface area contributed by atoms with Crippen LogP contribution in [0.15, 0.2) is 24.3 Å². The van der Waals surface area contributed by atoms with Crippen LogP contribution in [0.2, 0.25) is 0 Å². The lowest BCUT2D eigenvalue weighted by molar-refractivity contribution is -0.121. The lowest BCUT2D eigenvalue weighted by Gasteiger charge is -2.10. The molecular weight excluding hydrogens is 314 g/mol. The Kier molecular flexibility index (Phi) is 6.62. The highest BCUT2D eigenvalue weighted by Crippen LogP contribution is 2.18. The summed E-state index contributed by atoms with van der Waals surface area (Å²) in [6.07, 6.45) is 1.19. The second kappa shape index (κ2) is 8.70. The molecule has 25 heavy (non-hydrogen) atoms. The predicted octanol–water partition coefficient (Wildman–Crippen LogP) is 3.29. The Labute approximate surface area is 150 Å². The Morgan fingerprint density at radius 2 is 1.92 bits per heavy atom. The van der Waals surface area contributed by atoms with Gasteiger partial charge in [-0.05, 0) is 49.4 Å². The van der Waals surface area contributed by atoms with Gasteiger partial charge in [0, 0.05) is 19.2 Å². The molecule has 2 aromatic rings. The van der Waals surface area contributed by atoms with Crippen molar-refractivity contribution in [1.29, 1.82) is 0 Å².